The average Bonchev–Trinajstić information content (AvgIpc) is 1.64. The fraction of sp³-hybridized carbons (Fsp3) is 0.611. The normalized spacial score (nSPS) is 16.5. The number of nitrogens with one attached hydrogen (secondary N) is 14. The number of carboxylic acids is 1. The molecule has 1 aliphatic heterocycles. The van der Waals surface area contributed by atoms with Gasteiger partial charge in [0.05, 0.1) is 62.7 Å². The predicted molar refractivity (Wildman–Crippen MR) is 356 cm³/mol. The van der Waals surface area contributed by atoms with E-state index in [1.165, 1.54) is 11.9 Å². The lowest BCUT2D eigenvalue weighted by Crippen LogP contribution is -2.62. The first-order valence-electron chi connectivity index (χ1n) is 29.9. The van der Waals surface area contributed by atoms with E-state index < -0.39 is 188 Å². The highest BCUT2D eigenvalue weighted by molar-refractivity contribution is 7.80. The van der Waals surface area contributed by atoms with Gasteiger partial charge in [-0.2, -0.15) is 50.5 Å². The van der Waals surface area contributed by atoms with Crippen LogP contribution in [0.25, 0.3) is 10.9 Å². The molecule has 0 aliphatic carbocycles. The molecule has 2 heterocycles. The Hall–Kier alpha value is -6.29. The predicted octanol–water partition coefficient (Wildman–Crippen LogP) is -9.72. The van der Waals surface area contributed by atoms with Gasteiger partial charge < -0.3 is 81.5 Å². The molecule has 2 aromatic rings. The first-order valence-corrected chi connectivity index (χ1v) is 32.4. The summed E-state index contributed by atoms with van der Waals surface area (Å²) in [6.07, 6.45) is -0.906. The van der Waals surface area contributed by atoms with Crippen molar-refractivity contribution in [1.82, 2.24) is 79.7 Å². The number of aliphatic hydroxyl groups excluding tert-OH is 1. The topological polar surface area (TPSA) is 594 Å². The summed E-state index contributed by atoms with van der Waals surface area (Å²) >= 11 is 16.6. The summed E-state index contributed by atoms with van der Waals surface area (Å²) in [6, 6.07) is -7.28. The first-order chi connectivity index (χ1) is 44.6. The van der Waals surface area contributed by atoms with Gasteiger partial charge in [0, 0.05) is 53.1 Å². The van der Waals surface area contributed by atoms with Crippen molar-refractivity contribution in [3.8, 4) is 0 Å². The Kier molecular flexibility index (Phi) is 37.5. The summed E-state index contributed by atoms with van der Waals surface area (Å²) in [5, 5.41) is 42.6. The smallest absolute Gasteiger partial charge is 0.305 e. The van der Waals surface area contributed by atoms with Crippen LogP contribution in [0.1, 0.15) is 63.9 Å². The third-order valence-electron chi connectivity index (χ3n) is 14.6. The number of hydrogen-bond donors (Lipinski definition) is 26. The Morgan fingerprint density at radius 1 is 0.617 bits per heavy atom. The second-order valence-electron chi connectivity index (χ2n) is 21.9. The molecule has 526 valence electrons. The average molecular weight is 1400 g/mol. The lowest BCUT2D eigenvalue weighted by molar-refractivity contribution is -0.145. The number of nitrogens with zero attached hydrogens (tertiary/aromatic N) is 1. The Bertz CT molecular complexity index is 2900. The first kappa shape index (κ1) is 81.9. The summed E-state index contributed by atoms with van der Waals surface area (Å²) in [7, 11) is 0. The number of aromatic amines is 1. The maximum absolute atomic E-state index is 14.2. The van der Waals surface area contributed by atoms with Gasteiger partial charge in [0.15, 0.2) is 17.3 Å². The van der Waals surface area contributed by atoms with Crippen LogP contribution < -0.4 is 104 Å². The number of benzene rings is 1. The van der Waals surface area contributed by atoms with Gasteiger partial charge in [-0.3, -0.25) is 73.0 Å². The van der Waals surface area contributed by atoms with E-state index in [0.29, 0.717) is 18.5 Å². The van der Waals surface area contributed by atoms with Crippen molar-refractivity contribution in [2.75, 3.05) is 62.3 Å². The molecule has 36 nitrogen and oxygen atoms in total. The molecule has 0 bridgehead atoms. The zero-order chi connectivity index (χ0) is 70.2. The highest BCUT2D eigenvalue weighted by atomic mass is 32.1. The monoisotopic (exact) mass is 1400 g/mol. The van der Waals surface area contributed by atoms with Crippen LogP contribution in [0.4, 0.5) is 0 Å². The maximum atomic E-state index is 14.2. The molecule has 1 saturated heterocycles. The number of hydrazine groups is 3. The number of carbonyl (C=O) groups is 13. The van der Waals surface area contributed by atoms with Crippen LogP contribution in [0.3, 0.4) is 0 Å². The molecule has 0 unspecified atom stereocenters. The van der Waals surface area contributed by atoms with E-state index in [0.717, 1.165) is 10.9 Å². The van der Waals surface area contributed by atoms with Crippen molar-refractivity contribution in [3.63, 3.8) is 0 Å². The number of primary amides is 2. The summed E-state index contributed by atoms with van der Waals surface area (Å²) in [6.45, 7) is -0.0637. The molecular weight excluding hydrogens is 1310 g/mol. The van der Waals surface area contributed by atoms with E-state index in [1.54, 1.807) is 12.3 Å². The number of carboxylic acid groups (broad SMARTS) is 1. The van der Waals surface area contributed by atoms with E-state index in [-0.39, 0.29) is 74.6 Å². The van der Waals surface area contributed by atoms with Crippen LogP contribution in [-0.2, 0) is 68.7 Å². The van der Waals surface area contributed by atoms with Crippen LogP contribution in [0.5, 0.6) is 0 Å². The number of rotatable bonds is 50. The van der Waals surface area contributed by atoms with Crippen LogP contribution in [-0.4, -0.2) is 238 Å². The fourth-order valence-electron chi connectivity index (χ4n) is 9.30. The number of aliphatic carboxylic acids is 1. The number of para-hydroxylation sites is 1. The molecule has 1 fully saturated rings. The minimum Gasteiger partial charge on any atom is -0.481 e. The fourth-order valence-corrected chi connectivity index (χ4v) is 10.4. The number of aliphatic hydroxyl groups is 1. The van der Waals surface area contributed by atoms with Crippen molar-refractivity contribution < 1.29 is 72.5 Å². The van der Waals surface area contributed by atoms with E-state index >= 15 is 0 Å². The number of ketones is 5. The van der Waals surface area contributed by atoms with E-state index in [9.17, 15) is 72.5 Å². The molecule has 7 amide bonds. The van der Waals surface area contributed by atoms with Gasteiger partial charge in [-0.25, -0.2) is 32.1 Å². The molecule has 40 heteroatoms. The zero-order valence-corrected chi connectivity index (χ0v) is 55.3. The van der Waals surface area contributed by atoms with Crippen molar-refractivity contribution in [3.05, 3.63) is 36.0 Å². The molecule has 1 aromatic heterocycles. The van der Waals surface area contributed by atoms with Gasteiger partial charge >= 0.3 is 5.97 Å². The number of amides is 7. The Balaban J connectivity index is 1.75. The van der Waals surface area contributed by atoms with Crippen molar-refractivity contribution in [2.45, 2.75) is 144 Å². The van der Waals surface area contributed by atoms with Gasteiger partial charge in [-0.15, -0.1) is 0 Å². The summed E-state index contributed by atoms with van der Waals surface area (Å²) in [4.78, 5) is 175. The van der Waals surface area contributed by atoms with Gasteiger partial charge in [0.1, 0.15) is 48.8 Å². The minimum absolute atomic E-state index is 0.00433. The highest BCUT2D eigenvalue weighted by Gasteiger charge is 2.41. The van der Waals surface area contributed by atoms with Gasteiger partial charge in [-0.05, 0) is 70.2 Å². The molecule has 1 aliphatic rings. The molecule has 0 radical (unpaired) electrons. The van der Waals surface area contributed by atoms with E-state index in [4.69, 9.17) is 34.4 Å². The van der Waals surface area contributed by atoms with Crippen molar-refractivity contribution in [2.24, 2.45) is 34.4 Å². The third kappa shape index (κ3) is 28.2. The Labute approximate surface area is 563 Å². The number of Topliss-reactive ketones (excluding diaryl/α,β-unsaturated/α-hetero) is 5. The molecule has 11 atom stereocenters. The summed E-state index contributed by atoms with van der Waals surface area (Å²) in [5.74, 6) is -12.7. The van der Waals surface area contributed by atoms with Crippen molar-refractivity contribution >= 4 is 138 Å². The molecule has 28 N–H and O–H groups in total. The SMILES string of the molecule is C[C@H](NCC(=O)[C@H](CS)NC(=O)[C@H](CCCNC(N)N)NN1CCC[C@H]1C(=O)C(=O)[C@H](CC(=O)O)NC(=O)[C@H](CO)NN[C@@H](CS)C(=O)N[C@@H](CS)C(=O)NCC(N)=O)C(=O)CC(=O)[C@H](Cc1c[nH]c2ccccc12)NC(=O)[C@H](CCCNC(N)N)NN[C@@H](CS)C(N)=O. The summed E-state index contributed by atoms with van der Waals surface area (Å²) in [5.41, 5.74) is 47.8. The standard InChI is InChI=1S/C54H91N21O15S4/c1-26(40(77)17-41(78)32(15-27-18-64-29-8-3-2-7-28(27)29)66-49(87)30(9-4-12-61-53(57)58)70-72-36(23-92)47(56)85)63-19-42(79)35(22-91)68-50(88)31(10-5-13-62-54(59)60)74-75-14-6-11-39(75)46(84)45(83)33(16-44(81)82)67-51(89)34(21-76)71-73-38(25-94)52(90)69-37(24-93)48(86)65-20-43(55)80/h2-3,7-8,18,26,30-39,53-54,61-64,70-74,76,91-94H,4-6,9-17,19-25,57-60H2,1H3,(H2,55,80)(H2,56,85)(H,65,86)(H,66,87)(H,67,89)(H,68,88)(H,69,90)(H,81,82)/t26-,30-,31-,32-,33-,34-,35-,36-,37-,38-,39-/m0/s1. The largest absolute Gasteiger partial charge is 0.481 e. The number of thiol groups is 4. The number of fused-ring (bicyclic) bond motifs is 1. The Morgan fingerprint density at radius 2 is 1.15 bits per heavy atom. The van der Waals surface area contributed by atoms with Crippen LogP contribution in [0, 0.1) is 0 Å². The molecular formula is C54H91N21O15S4. The lowest BCUT2D eigenvalue weighted by Gasteiger charge is -2.30. The molecule has 0 spiro atoms. The third-order valence-corrected chi connectivity index (χ3v) is 16.1. The number of carbonyl (C=O) groups excluding carboxylic acids is 12. The number of aromatic nitrogens is 1. The van der Waals surface area contributed by atoms with Crippen molar-refractivity contribution in [1.29, 1.82) is 0 Å². The molecule has 0 saturated carbocycles. The lowest BCUT2D eigenvalue weighted by atomic mass is 9.96. The Morgan fingerprint density at radius 3 is 1.73 bits per heavy atom. The van der Waals surface area contributed by atoms with Crippen LogP contribution >= 0.6 is 50.5 Å². The van der Waals surface area contributed by atoms with Gasteiger partial charge in [-0.1, -0.05) is 18.2 Å². The molecule has 94 heavy (non-hydrogen) atoms. The van der Waals surface area contributed by atoms with E-state index in [1.807, 2.05) is 18.2 Å². The quantitative estimate of drug-likeness (QED) is 0.00730. The van der Waals surface area contributed by atoms with Crippen LogP contribution in [0.2, 0.25) is 0 Å². The van der Waals surface area contributed by atoms with E-state index in [2.05, 4.69) is 125 Å². The molecule has 3 rings (SSSR count). The second kappa shape index (κ2) is 43.0. The van der Waals surface area contributed by atoms with Gasteiger partial charge in [0.2, 0.25) is 52.9 Å². The zero-order valence-electron chi connectivity index (χ0n) is 51.7. The van der Waals surface area contributed by atoms with Crippen LogP contribution in [0.15, 0.2) is 30.5 Å². The molecule has 1 aromatic carbocycles. The van der Waals surface area contributed by atoms with Gasteiger partial charge in [0.25, 0.3) is 0 Å². The number of H-pyrrole nitrogens is 1. The number of hydrogen-bond acceptors (Lipinski definition) is 31. The summed E-state index contributed by atoms with van der Waals surface area (Å²) < 4.78 is 0. The minimum atomic E-state index is -2.00. The second-order valence-corrected chi connectivity index (χ2v) is 23.3. The number of nitrogens with two attached hydrogens (primary N) is 6. The highest BCUT2D eigenvalue weighted by Crippen LogP contribution is 2.21. The maximum Gasteiger partial charge on any atom is 0.305 e.